The highest BCUT2D eigenvalue weighted by Crippen LogP contribution is 2.34. The van der Waals surface area contributed by atoms with Crippen LogP contribution in [-0.4, -0.2) is 50.5 Å². The summed E-state index contributed by atoms with van der Waals surface area (Å²) in [6.45, 7) is 0.306. The third-order valence-corrected chi connectivity index (χ3v) is 7.48. The van der Waals surface area contributed by atoms with Crippen LogP contribution in [0, 0.1) is 5.92 Å². The van der Waals surface area contributed by atoms with E-state index in [9.17, 15) is 14.7 Å². The van der Waals surface area contributed by atoms with Gasteiger partial charge in [0.1, 0.15) is 6.04 Å². The minimum Gasteiger partial charge on any atom is -0.480 e. The molecular formula is C28H34N4O4. The van der Waals surface area contributed by atoms with Gasteiger partial charge in [0.05, 0.1) is 11.6 Å². The lowest BCUT2D eigenvalue weighted by Crippen LogP contribution is -2.42. The Morgan fingerprint density at radius 2 is 2.03 bits per heavy atom. The summed E-state index contributed by atoms with van der Waals surface area (Å²) in [5.74, 6) is -0.853. The van der Waals surface area contributed by atoms with Gasteiger partial charge >= 0.3 is 5.97 Å². The second-order valence-electron chi connectivity index (χ2n) is 10.2. The van der Waals surface area contributed by atoms with Crippen LogP contribution in [0.1, 0.15) is 65.8 Å². The number of fused-ring (bicyclic) bond motifs is 2. The lowest BCUT2D eigenvalue weighted by Gasteiger charge is -2.35. The molecule has 1 fully saturated rings. The number of ether oxygens (including phenoxy) is 1. The van der Waals surface area contributed by atoms with E-state index >= 15 is 0 Å². The van der Waals surface area contributed by atoms with Gasteiger partial charge in [-0.3, -0.25) is 14.5 Å². The molecule has 1 saturated carbocycles. The van der Waals surface area contributed by atoms with Crippen LogP contribution in [0.4, 0.5) is 0 Å². The minimum absolute atomic E-state index is 0.170. The molecule has 1 amide bonds. The van der Waals surface area contributed by atoms with E-state index in [1.807, 2.05) is 19.3 Å². The normalized spacial score (nSPS) is 19.9. The number of benzene rings is 1. The molecule has 1 unspecified atom stereocenters. The molecule has 8 heteroatoms. The fraction of sp³-hybridized carbons (Fsp3) is 0.500. The fourth-order valence-corrected chi connectivity index (χ4v) is 5.30. The van der Waals surface area contributed by atoms with Gasteiger partial charge < -0.3 is 15.2 Å². The van der Waals surface area contributed by atoms with E-state index in [0.717, 1.165) is 43.9 Å². The predicted molar refractivity (Wildman–Crippen MR) is 136 cm³/mol. The molecule has 1 aromatic carbocycles. The summed E-state index contributed by atoms with van der Waals surface area (Å²) in [4.78, 5) is 29.2. The summed E-state index contributed by atoms with van der Waals surface area (Å²) < 4.78 is 7.60. The van der Waals surface area contributed by atoms with Crippen LogP contribution in [-0.2, 0) is 35.8 Å². The molecule has 3 aromatic rings. The molecule has 2 aliphatic rings. The molecule has 8 nitrogen and oxygen atoms in total. The lowest BCUT2D eigenvalue weighted by molar-refractivity contribution is -0.140. The van der Waals surface area contributed by atoms with Crippen molar-refractivity contribution in [2.24, 2.45) is 13.0 Å². The standard InChI is InChI=1S/C28H34N4O4/c1-32-17-21-8-7-20(16-26(21)31-32)27(33)30-25(28(34)35)12-13-36-23-14-18(15-23)6-10-22-11-9-19-4-2-3-5-24(19)29-22/h7-9,11,16-18,23,25H,2-6,10,12-15H2,1H3,(H,30,33)(H,34,35). The summed E-state index contributed by atoms with van der Waals surface area (Å²) in [7, 11) is 1.82. The number of rotatable bonds is 10. The van der Waals surface area contributed by atoms with Crippen LogP contribution < -0.4 is 5.32 Å². The van der Waals surface area contributed by atoms with Crippen LogP contribution in [0.3, 0.4) is 0 Å². The number of nitrogens with one attached hydrogen (secondary N) is 1. The van der Waals surface area contributed by atoms with Crippen molar-refractivity contribution in [2.45, 2.75) is 69.9 Å². The zero-order valence-corrected chi connectivity index (χ0v) is 20.8. The second kappa shape index (κ2) is 10.8. The molecule has 2 N–H and O–H groups in total. The van der Waals surface area contributed by atoms with E-state index in [0.29, 0.717) is 23.6 Å². The molecular weight excluding hydrogens is 456 g/mol. The summed E-state index contributed by atoms with van der Waals surface area (Å²) in [5.41, 5.74) is 5.01. The van der Waals surface area contributed by atoms with Crippen LogP contribution >= 0.6 is 0 Å². The number of carboxylic acid groups (broad SMARTS) is 1. The Labute approximate surface area is 211 Å². The van der Waals surface area contributed by atoms with Crippen molar-refractivity contribution in [1.29, 1.82) is 0 Å². The number of pyridine rings is 1. The van der Waals surface area contributed by atoms with Gasteiger partial charge in [-0.05, 0) is 81.0 Å². The van der Waals surface area contributed by atoms with E-state index in [-0.39, 0.29) is 12.5 Å². The first-order chi connectivity index (χ1) is 17.4. The number of nitrogens with zero attached hydrogens (tertiary/aromatic N) is 3. The van der Waals surface area contributed by atoms with Crippen molar-refractivity contribution >= 4 is 22.8 Å². The largest absolute Gasteiger partial charge is 0.480 e. The SMILES string of the molecule is Cn1cc2ccc(C(=O)NC(CCOC3CC(CCc4ccc5c(n4)CCCC5)C3)C(=O)O)cc2n1. The number of carbonyl (C=O) groups is 2. The highest BCUT2D eigenvalue weighted by molar-refractivity contribution is 5.99. The highest BCUT2D eigenvalue weighted by Gasteiger charge is 2.30. The Kier molecular flexibility index (Phi) is 7.32. The Morgan fingerprint density at radius 3 is 2.86 bits per heavy atom. The zero-order valence-electron chi connectivity index (χ0n) is 20.8. The topological polar surface area (TPSA) is 106 Å². The molecule has 0 spiro atoms. The van der Waals surface area contributed by atoms with Crippen LogP contribution in [0.15, 0.2) is 36.5 Å². The van der Waals surface area contributed by atoms with E-state index in [2.05, 4.69) is 22.5 Å². The van der Waals surface area contributed by atoms with E-state index < -0.39 is 17.9 Å². The first kappa shape index (κ1) is 24.4. The number of carboxylic acids is 1. The van der Waals surface area contributed by atoms with Gasteiger partial charge in [-0.1, -0.05) is 12.1 Å². The number of hydrogen-bond donors (Lipinski definition) is 2. The van der Waals surface area contributed by atoms with Crippen molar-refractivity contribution in [3.63, 3.8) is 0 Å². The van der Waals surface area contributed by atoms with Gasteiger partial charge in [-0.2, -0.15) is 5.10 Å². The Hall–Kier alpha value is -3.26. The van der Waals surface area contributed by atoms with Crippen molar-refractivity contribution in [1.82, 2.24) is 20.1 Å². The highest BCUT2D eigenvalue weighted by atomic mass is 16.5. The fourth-order valence-electron chi connectivity index (χ4n) is 5.30. The molecule has 2 aliphatic carbocycles. The average Bonchev–Trinajstić information content (AvgIpc) is 3.22. The number of aliphatic carboxylic acids is 1. The first-order valence-corrected chi connectivity index (χ1v) is 13.0. The summed E-state index contributed by atoms with van der Waals surface area (Å²) >= 11 is 0. The van der Waals surface area contributed by atoms with Gasteiger partial charge in [-0.15, -0.1) is 0 Å². The van der Waals surface area contributed by atoms with Crippen molar-refractivity contribution < 1.29 is 19.4 Å². The monoisotopic (exact) mass is 490 g/mol. The number of carbonyl (C=O) groups excluding carboxylic acids is 1. The molecule has 2 aromatic heterocycles. The third-order valence-electron chi connectivity index (χ3n) is 7.48. The molecule has 190 valence electrons. The second-order valence-corrected chi connectivity index (χ2v) is 10.2. The van der Waals surface area contributed by atoms with Crippen LogP contribution in [0.5, 0.6) is 0 Å². The molecule has 5 rings (SSSR count). The van der Waals surface area contributed by atoms with Crippen molar-refractivity contribution in [3.8, 4) is 0 Å². The molecule has 2 heterocycles. The molecule has 0 bridgehead atoms. The quantitative estimate of drug-likeness (QED) is 0.447. The number of amides is 1. The third kappa shape index (κ3) is 5.75. The summed E-state index contributed by atoms with van der Waals surface area (Å²) in [5, 5.41) is 17.4. The smallest absolute Gasteiger partial charge is 0.326 e. The van der Waals surface area contributed by atoms with Crippen molar-refractivity contribution in [2.75, 3.05) is 6.61 Å². The molecule has 0 saturated heterocycles. The van der Waals surface area contributed by atoms with Gasteiger partial charge in [0, 0.05) is 48.6 Å². The number of hydrogen-bond acceptors (Lipinski definition) is 5. The van der Waals surface area contributed by atoms with Gasteiger partial charge in [0.15, 0.2) is 0 Å². The van der Waals surface area contributed by atoms with E-state index in [4.69, 9.17) is 9.72 Å². The maximum Gasteiger partial charge on any atom is 0.326 e. The molecule has 0 radical (unpaired) electrons. The maximum atomic E-state index is 12.6. The van der Waals surface area contributed by atoms with Gasteiger partial charge in [-0.25, -0.2) is 4.79 Å². The summed E-state index contributed by atoms with van der Waals surface area (Å²) in [6, 6.07) is 8.62. The predicted octanol–water partition coefficient (Wildman–Crippen LogP) is 3.85. The van der Waals surface area contributed by atoms with Crippen molar-refractivity contribution in [3.05, 3.63) is 59.0 Å². The van der Waals surface area contributed by atoms with E-state index in [1.54, 1.807) is 16.8 Å². The first-order valence-electron chi connectivity index (χ1n) is 13.0. The van der Waals surface area contributed by atoms with Crippen LogP contribution in [0.25, 0.3) is 10.9 Å². The van der Waals surface area contributed by atoms with Crippen LogP contribution in [0.2, 0.25) is 0 Å². The Bertz CT molecular complexity index is 1250. The lowest BCUT2D eigenvalue weighted by atomic mass is 9.79. The Morgan fingerprint density at radius 1 is 1.19 bits per heavy atom. The zero-order chi connectivity index (χ0) is 25.1. The molecule has 0 aliphatic heterocycles. The minimum atomic E-state index is -1.06. The Balaban J connectivity index is 1.03. The molecule has 36 heavy (non-hydrogen) atoms. The molecule has 1 atom stereocenters. The summed E-state index contributed by atoms with van der Waals surface area (Å²) in [6.07, 6.45) is 11.2. The number of aryl methyl sites for hydroxylation is 4. The number of aromatic nitrogens is 3. The van der Waals surface area contributed by atoms with E-state index in [1.165, 1.54) is 29.8 Å². The van der Waals surface area contributed by atoms with Gasteiger partial charge in [0.2, 0.25) is 0 Å². The average molecular weight is 491 g/mol. The van der Waals surface area contributed by atoms with Gasteiger partial charge in [0.25, 0.3) is 5.91 Å². The maximum absolute atomic E-state index is 12.6.